The van der Waals surface area contributed by atoms with Gasteiger partial charge in [0.15, 0.2) is 0 Å². The lowest BCUT2D eigenvalue weighted by Crippen LogP contribution is -2.47. The maximum atomic E-state index is 11.9. The maximum Gasteiger partial charge on any atom is 0.353 e. The Morgan fingerprint density at radius 3 is 2.52 bits per heavy atom. The minimum atomic E-state index is -0.384. The SMILES string of the molecule is O=[N+]([O-])c1c(NCCCN2CCOCC2)ncnc1N1CCN(c2ccccn2)CC1. The van der Waals surface area contributed by atoms with Gasteiger partial charge in [-0.3, -0.25) is 15.0 Å². The molecular formula is C20H28N8O3. The van der Waals surface area contributed by atoms with E-state index in [1.807, 2.05) is 23.1 Å². The molecule has 11 heteroatoms. The van der Waals surface area contributed by atoms with Crippen LogP contribution in [0.4, 0.5) is 23.1 Å². The Balaban J connectivity index is 1.37. The van der Waals surface area contributed by atoms with E-state index in [1.165, 1.54) is 6.33 Å². The summed E-state index contributed by atoms with van der Waals surface area (Å²) < 4.78 is 5.36. The molecule has 0 radical (unpaired) electrons. The van der Waals surface area contributed by atoms with Gasteiger partial charge in [-0.1, -0.05) is 6.07 Å². The van der Waals surface area contributed by atoms with Crippen LogP contribution < -0.4 is 15.1 Å². The Kier molecular flexibility index (Phi) is 7.05. The number of ether oxygens (including phenoxy) is 1. The molecule has 0 bridgehead atoms. The molecule has 2 aromatic rings. The van der Waals surface area contributed by atoms with Crippen LogP contribution in [0.25, 0.3) is 0 Å². The number of morpholine rings is 1. The molecule has 2 saturated heterocycles. The van der Waals surface area contributed by atoms with Crippen LogP contribution in [0.1, 0.15) is 6.42 Å². The Morgan fingerprint density at radius 1 is 1.03 bits per heavy atom. The Hall–Kier alpha value is -3.05. The molecule has 2 aliphatic heterocycles. The van der Waals surface area contributed by atoms with Crippen LogP contribution >= 0.6 is 0 Å². The first-order chi connectivity index (χ1) is 15.2. The molecule has 31 heavy (non-hydrogen) atoms. The first-order valence-corrected chi connectivity index (χ1v) is 10.7. The summed E-state index contributed by atoms with van der Waals surface area (Å²) in [6.45, 7) is 7.64. The topological polar surface area (TPSA) is 113 Å². The van der Waals surface area contributed by atoms with E-state index in [1.54, 1.807) is 6.20 Å². The van der Waals surface area contributed by atoms with E-state index in [-0.39, 0.29) is 16.4 Å². The number of rotatable bonds is 8. The average Bonchev–Trinajstić information content (AvgIpc) is 2.83. The molecule has 2 aliphatic rings. The second-order valence-electron chi connectivity index (χ2n) is 7.55. The van der Waals surface area contributed by atoms with Gasteiger partial charge < -0.3 is 19.9 Å². The van der Waals surface area contributed by atoms with E-state index in [9.17, 15) is 10.1 Å². The summed E-state index contributed by atoms with van der Waals surface area (Å²) in [4.78, 5) is 30.8. The maximum absolute atomic E-state index is 11.9. The number of nitrogens with zero attached hydrogens (tertiary/aromatic N) is 7. The van der Waals surface area contributed by atoms with E-state index in [0.29, 0.717) is 25.5 Å². The highest BCUT2D eigenvalue weighted by Crippen LogP contribution is 2.32. The van der Waals surface area contributed by atoms with E-state index < -0.39 is 0 Å². The number of hydrogen-bond acceptors (Lipinski definition) is 10. The molecule has 0 aromatic carbocycles. The van der Waals surface area contributed by atoms with Crippen molar-refractivity contribution in [2.24, 2.45) is 0 Å². The minimum absolute atomic E-state index is 0.0554. The number of hydrogen-bond donors (Lipinski definition) is 1. The van der Waals surface area contributed by atoms with E-state index in [4.69, 9.17) is 4.74 Å². The highest BCUT2D eigenvalue weighted by Gasteiger charge is 2.29. The summed E-state index contributed by atoms with van der Waals surface area (Å²) in [6, 6.07) is 5.82. The van der Waals surface area contributed by atoms with Crippen LogP contribution in [-0.2, 0) is 4.74 Å². The Morgan fingerprint density at radius 2 is 1.81 bits per heavy atom. The molecule has 0 spiro atoms. The van der Waals surface area contributed by atoms with Gasteiger partial charge in [0, 0.05) is 52.0 Å². The second-order valence-corrected chi connectivity index (χ2v) is 7.55. The average molecular weight is 428 g/mol. The summed E-state index contributed by atoms with van der Waals surface area (Å²) in [5.41, 5.74) is -0.0554. The fourth-order valence-electron chi connectivity index (χ4n) is 3.92. The summed E-state index contributed by atoms with van der Waals surface area (Å²) in [6.07, 6.45) is 4.05. The molecule has 0 atom stereocenters. The smallest absolute Gasteiger partial charge is 0.353 e. The lowest BCUT2D eigenvalue weighted by atomic mass is 10.2. The van der Waals surface area contributed by atoms with Gasteiger partial charge in [0.1, 0.15) is 12.1 Å². The predicted molar refractivity (Wildman–Crippen MR) is 118 cm³/mol. The van der Waals surface area contributed by atoms with Gasteiger partial charge in [0.05, 0.1) is 18.1 Å². The molecular weight excluding hydrogens is 400 g/mol. The van der Waals surface area contributed by atoms with Crippen molar-refractivity contribution in [3.8, 4) is 0 Å². The van der Waals surface area contributed by atoms with Crippen molar-refractivity contribution in [2.75, 3.05) is 80.7 Å². The van der Waals surface area contributed by atoms with Crippen molar-refractivity contribution in [1.82, 2.24) is 19.9 Å². The van der Waals surface area contributed by atoms with Gasteiger partial charge in [-0.05, 0) is 25.1 Å². The van der Waals surface area contributed by atoms with Crippen molar-refractivity contribution in [2.45, 2.75) is 6.42 Å². The zero-order valence-electron chi connectivity index (χ0n) is 17.5. The summed E-state index contributed by atoms with van der Waals surface area (Å²) in [5.74, 6) is 1.57. The number of anilines is 3. The second kappa shape index (κ2) is 10.3. The van der Waals surface area contributed by atoms with Crippen LogP contribution in [0.3, 0.4) is 0 Å². The van der Waals surface area contributed by atoms with Crippen LogP contribution in [0, 0.1) is 10.1 Å². The quantitative estimate of drug-likeness (QED) is 0.374. The van der Waals surface area contributed by atoms with Gasteiger partial charge in [0.2, 0.25) is 11.6 Å². The largest absolute Gasteiger partial charge is 0.379 e. The van der Waals surface area contributed by atoms with Gasteiger partial charge in [-0.15, -0.1) is 0 Å². The van der Waals surface area contributed by atoms with Crippen LogP contribution in [-0.4, -0.2) is 90.3 Å². The van der Waals surface area contributed by atoms with Gasteiger partial charge >= 0.3 is 5.69 Å². The molecule has 0 aliphatic carbocycles. The molecule has 2 aromatic heterocycles. The number of nitrogens with one attached hydrogen (secondary N) is 1. The minimum Gasteiger partial charge on any atom is -0.379 e. The van der Waals surface area contributed by atoms with Crippen LogP contribution in [0.15, 0.2) is 30.7 Å². The van der Waals surface area contributed by atoms with Crippen molar-refractivity contribution in [1.29, 1.82) is 0 Å². The monoisotopic (exact) mass is 428 g/mol. The molecule has 4 rings (SSSR count). The third-order valence-corrected chi connectivity index (χ3v) is 5.59. The number of piperazine rings is 1. The van der Waals surface area contributed by atoms with Crippen molar-refractivity contribution in [3.05, 3.63) is 40.8 Å². The fourth-order valence-corrected chi connectivity index (χ4v) is 3.92. The number of aromatic nitrogens is 3. The molecule has 166 valence electrons. The molecule has 2 fully saturated rings. The zero-order chi connectivity index (χ0) is 21.5. The van der Waals surface area contributed by atoms with Crippen LogP contribution in [0.2, 0.25) is 0 Å². The van der Waals surface area contributed by atoms with Crippen molar-refractivity contribution < 1.29 is 9.66 Å². The van der Waals surface area contributed by atoms with Gasteiger partial charge in [-0.25, -0.2) is 15.0 Å². The fraction of sp³-hybridized carbons (Fsp3) is 0.550. The Labute approximate surface area is 181 Å². The molecule has 0 unspecified atom stereocenters. The first-order valence-electron chi connectivity index (χ1n) is 10.7. The van der Waals surface area contributed by atoms with E-state index in [2.05, 4.69) is 30.1 Å². The first kappa shape index (κ1) is 21.2. The summed E-state index contributed by atoms with van der Waals surface area (Å²) in [5, 5.41) is 15.0. The lowest BCUT2D eigenvalue weighted by Gasteiger charge is -2.35. The highest BCUT2D eigenvalue weighted by molar-refractivity contribution is 5.70. The third kappa shape index (κ3) is 5.36. The summed E-state index contributed by atoms with van der Waals surface area (Å²) >= 11 is 0. The van der Waals surface area contributed by atoms with Gasteiger partial charge in [-0.2, -0.15) is 0 Å². The van der Waals surface area contributed by atoms with E-state index >= 15 is 0 Å². The Bertz CT molecular complexity index is 855. The molecule has 0 amide bonds. The zero-order valence-corrected chi connectivity index (χ0v) is 17.5. The summed E-state index contributed by atoms with van der Waals surface area (Å²) in [7, 11) is 0. The highest BCUT2D eigenvalue weighted by atomic mass is 16.6. The standard InChI is InChI=1S/C20H28N8O3/c29-28(30)18-19(22-6-3-7-25-12-14-31-15-13-25)23-16-24-20(18)27-10-8-26(9-11-27)17-4-1-2-5-21-17/h1-2,4-5,16H,3,6-15H2,(H,22,23,24). The molecule has 1 N–H and O–H groups in total. The molecule has 0 saturated carbocycles. The number of pyridine rings is 1. The predicted octanol–water partition coefficient (Wildman–Crippen LogP) is 1.24. The van der Waals surface area contributed by atoms with Crippen molar-refractivity contribution >= 4 is 23.1 Å². The molecule has 4 heterocycles. The van der Waals surface area contributed by atoms with Crippen LogP contribution in [0.5, 0.6) is 0 Å². The normalized spacial score (nSPS) is 17.5. The van der Waals surface area contributed by atoms with E-state index in [0.717, 1.165) is 58.2 Å². The third-order valence-electron chi connectivity index (χ3n) is 5.59. The number of nitro groups is 1. The lowest BCUT2D eigenvalue weighted by molar-refractivity contribution is -0.383. The molecule has 11 nitrogen and oxygen atoms in total. The van der Waals surface area contributed by atoms with Crippen molar-refractivity contribution in [3.63, 3.8) is 0 Å². The van der Waals surface area contributed by atoms with Gasteiger partial charge in [0.25, 0.3) is 0 Å².